The van der Waals surface area contributed by atoms with Crippen molar-refractivity contribution in [2.75, 3.05) is 7.11 Å². The van der Waals surface area contributed by atoms with Crippen molar-refractivity contribution in [3.8, 4) is 17.0 Å². The Hall–Kier alpha value is -4.01. The average molecular weight is 455 g/mol. The van der Waals surface area contributed by atoms with Gasteiger partial charge in [-0.3, -0.25) is 9.78 Å². The van der Waals surface area contributed by atoms with Crippen LogP contribution in [0.4, 0.5) is 17.6 Å². The number of alkyl halides is 3. The molecule has 0 atom stereocenters. The maximum absolute atomic E-state index is 14.5. The number of nitrogens with zero attached hydrogens (tertiary/aromatic N) is 2. The summed E-state index contributed by atoms with van der Waals surface area (Å²) in [5, 5.41) is 3.15. The van der Waals surface area contributed by atoms with Gasteiger partial charge in [-0.15, -0.1) is 0 Å². The molecule has 0 unspecified atom stereocenters. The minimum Gasteiger partial charge on any atom is -0.497 e. The summed E-state index contributed by atoms with van der Waals surface area (Å²) >= 11 is 0. The van der Waals surface area contributed by atoms with Gasteiger partial charge in [0, 0.05) is 29.9 Å². The highest BCUT2D eigenvalue weighted by Crippen LogP contribution is 2.34. The summed E-state index contributed by atoms with van der Waals surface area (Å²) in [6.07, 6.45) is -1.80. The number of hydrogen-bond acceptors (Lipinski definition) is 4. The molecule has 0 aliphatic rings. The van der Waals surface area contributed by atoms with E-state index >= 15 is 0 Å². The number of carbonyl (C=O) groups excluding carboxylic acids is 1. The highest BCUT2D eigenvalue weighted by atomic mass is 19.4. The second-order valence-electron chi connectivity index (χ2n) is 7.17. The van der Waals surface area contributed by atoms with E-state index in [0.717, 1.165) is 11.6 Å². The standard InChI is InChI=1S/C24H17F4N3O2/c1-33-16-4-2-3-14(9-16)12-30-23(32)17-11-22(31-21-7-8-29-13-19(17)21)18-10-15(24(26,27)28)5-6-20(18)25/h2-11,13H,12H2,1H3,(H,30,32). The number of rotatable bonds is 5. The van der Waals surface area contributed by atoms with Crippen LogP contribution in [0.2, 0.25) is 0 Å². The Bertz CT molecular complexity index is 1340. The molecule has 0 bridgehead atoms. The first-order valence-corrected chi connectivity index (χ1v) is 9.79. The lowest BCUT2D eigenvalue weighted by Gasteiger charge is -2.13. The topological polar surface area (TPSA) is 64.1 Å². The predicted molar refractivity (Wildman–Crippen MR) is 114 cm³/mol. The van der Waals surface area contributed by atoms with Crippen LogP contribution >= 0.6 is 0 Å². The smallest absolute Gasteiger partial charge is 0.416 e. The Labute approximate surface area is 186 Å². The lowest BCUT2D eigenvalue weighted by atomic mass is 10.0. The molecule has 1 amide bonds. The summed E-state index contributed by atoms with van der Waals surface area (Å²) in [6.45, 7) is 0.174. The Balaban J connectivity index is 1.74. The molecule has 4 rings (SSSR count). The van der Waals surface area contributed by atoms with Crippen LogP contribution in [-0.4, -0.2) is 23.0 Å². The van der Waals surface area contributed by atoms with Gasteiger partial charge in [-0.1, -0.05) is 12.1 Å². The second kappa shape index (κ2) is 8.85. The highest BCUT2D eigenvalue weighted by molar-refractivity contribution is 6.06. The van der Waals surface area contributed by atoms with Gasteiger partial charge in [0.05, 0.1) is 29.4 Å². The van der Waals surface area contributed by atoms with Crippen molar-refractivity contribution in [1.29, 1.82) is 0 Å². The summed E-state index contributed by atoms with van der Waals surface area (Å²) in [7, 11) is 1.53. The number of ether oxygens (including phenoxy) is 1. The van der Waals surface area contributed by atoms with Crippen LogP contribution < -0.4 is 10.1 Å². The Morgan fingerprint density at radius 2 is 1.91 bits per heavy atom. The van der Waals surface area contributed by atoms with Crippen LogP contribution in [0.25, 0.3) is 22.2 Å². The van der Waals surface area contributed by atoms with Gasteiger partial charge in [0.25, 0.3) is 5.91 Å². The number of amides is 1. The Kier molecular flexibility index (Phi) is 5.95. The van der Waals surface area contributed by atoms with Crippen molar-refractivity contribution in [1.82, 2.24) is 15.3 Å². The van der Waals surface area contributed by atoms with Gasteiger partial charge in [0.1, 0.15) is 11.6 Å². The molecule has 168 valence electrons. The first kappa shape index (κ1) is 22.2. The van der Waals surface area contributed by atoms with Gasteiger partial charge in [-0.2, -0.15) is 13.2 Å². The predicted octanol–water partition coefficient (Wildman–Crippen LogP) is 5.39. The minimum absolute atomic E-state index is 0.0937. The fourth-order valence-electron chi connectivity index (χ4n) is 3.35. The van der Waals surface area contributed by atoms with Crippen LogP contribution in [0, 0.1) is 5.82 Å². The van der Waals surface area contributed by atoms with Crippen molar-refractivity contribution < 1.29 is 27.1 Å². The van der Waals surface area contributed by atoms with E-state index < -0.39 is 23.5 Å². The van der Waals surface area contributed by atoms with Crippen molar-refractivity contribution in [3.05, 3.63) is 89.5 Å². The van der Waals surface area contributed by atoms with Crippen molar-refractivity contribution in [2.24, 2.45) is 0 Å². The van der Waals surface area contributed by atoms with E-state index in [1.165, 1.54) is 31.6 Å². The second-order valence-corrected chi connectivity index (χ2v) is 7.17. The number of methoxy groups -OCH3 is 1. The fourth-order valence-corrected chi connectivity index (χ4v) is 3.35. The molecular weight excluding hydrogens is 438 g/mol. The van der Waals surface area contributed by atoms with Gasteiger partial charge in [0.2, 0.25) is 0 Å². The summed E-state index contributed by atoms with van der Waals surface area (Å²) < 4.78 is 59.2. The third-order valence-corrected chi connectivity index (χ3v) is 5.01. The maximum atomic E-state index is 14.5. The van der Waals surface area contributed by atoms with Gasteiger partial charge >= 0.3 is 6.18 Å². The molecular formula is C24H17F4N3O2. The number of nitrogens with one attached hydrogen (secondary N) is 1. The maximum Gasteiger partial charge on any atom is 0.416 e. The molecule has 0 radical (unpaired) electrons. The lowest BCUT2D eigenvalue weighted by molar-refractivity contribution is -0.137. The Morgan fingerprint density at radius 1 is 1.09 bits per heavy atom. The molecule has 9 heteroatoms. The monoisotopic (exact) mass is 455 g/mol. The fraction of sp³-hybridized carbons (Fsp3) is 0.125. The van der Waals surface area contributed by atoms with Crippen molar-refractivity contribution in [3.63, 3.8) is 0 Å². The minimum atomic E-state index is -4.65. The largest absolute Gasteiger partial charge is 0.497 e. The highest BCUT2D eigenvalue weighted by Gasteiger charge is 2.31. The number of fused-ring (bicyclic) bond motifs is 1. The van der Waals surface area contributed by atoms with E-state index in [4.69, 9.17) is 4.74 Å². The molecule has 33 heavy (non-hydrogen) atoms. The summed E-state index contributed by atoms with van der Waals surface area (Å²) in [5.74, 6) is -0.763. The number of carbonyl (C=O) groups is 1. The molecule has 1 N–H and O–H groups in total. The van der Waals surface area contributed by atoms with E-state index in [9.17, 15) is 22.4 Å². The first-order chi connectivity index (χ1) is 15.8. The zero-order valence-electron chi connectivity index (χ0n) is 17.3. The molecule has 2 heterocycles. The molecule has 0 aliphatic carbocycles. The molecule has 2 aromatic carbocycles. The van der Waals surface area contributed by atoms with Crippen LogP contribution in [0.5, 0.6) is 5.75 Å². The van der Waals surface area contributed by atoms with E-state index in [1.807, 2.05) is 0 Å². The van der Waals surface area contributed by atoms with Crippen LogP contribution in [0.15, 0.2) is 67.0 Å². The van der Waals surface area contributed by atoms with Crippen LogP contribution in [-0.2, 0) is 12.7 Å². The molecule has 0 aliphatic heterocycles. The van der Waals surface area contributed by atoms with Gasteiger partial charge in [-0.25, -0.2) is 9.37 Å². The average Bonchev–Trinajstić information content (AvgIpc) is 2.81. The SMILES string of the molecule is COc1cccc(CNC(=O)c2cc(-c3cc(C(F)(F)F)ccc3F)nc3ccncc23)c1. The molecule has 2 aromatic heterocycles. The van der Waals surface area contributed by atoms with Crippen molar-refractivity contribution in [2.45, 2.75) is 12.7 Å². The summed E-state index contributed by atoms with van der Waals surface area (Å²) in [6, 6.07) is 12.0. The van der Waals surface area contributed by atoms with E-state index in [2.05, 4.69) is 15.3 Å². The number of benzene rings is 2. The first-order valence-electron chi connectivity index (χ1n) is 9.79. The molecule has 0 spiro atoms. The summed E-state index contributed by atoms with van der Waals surface area (Å²) in [5.41, 5.74) is -0.272. The molecule has 4 aromatic rings. The third kappa shape index (κ3) is 4.77. The molecule has 0 fully saturated rings. The van der Waals surface area contributed by atoms with Gasteiger partial charge in [0.15, 0.2) is 0 Å². The quantitative estimate of drug-likeness (QED) is 0.410. The lowest BCUT2D eigenvalue weighted by Crippen LogP contribution is -2.23. The molecule has 5 nitrogen and oxygen atoms in total. The number of aromatic nitrogens is 2. The van der Waals surface area contributed by atoms with Gasteiger partial charge in [-0.05, 0) is 48.0 Å². The molecule has 0 saturated carbocycles. The number of halogens is 4. The Morgan fingerprint density at radius 3 is 2.67 bits per heavy atom. The van der Waals surface area contributed by atoms with Crippen LogP contribution in [0.3, 0.4) is 0 Å². The number of pyridine rings is 2. The third-order valence-electron chi connectivity index (χ3n) is 5.01. The zero-order valence-corrected chi connectivity index (χ0v) is 17.3. The van der Waals surface area contributed by atoms with Gasteiger partial charge < -0.3 is 10.1 Å². The van der Waals surface area contributed by atoms with E-state index in [0.29, 0.717) is 28.8 Å². The van der Waals surface area contributed by atoms with E-state index in [1.54, 1.807) is 24.3 Å². The summed E-state index contributed by atoms with van der Waals surface area (Å²) in [4.78, 5) is 21.3. The van der Waals surface area contributed by atoms with Crippen molar-refractivity contribution >= 4 is 16.8 Å². The zero-order chi connectivity index (χ0) is 23.6. The van der Waals surface area contributed by atoms with Crippen LogP contribution in [0.1, 0.15) is 21.5 Å². The van der Waals surface area contributed by atoms with E-state index in [-0.39, 0.29) is 23.4 Å². The molecule has 0 saturated heterocycles. The number of hydrogen-bond donors (Lipinski definition) is 1. The normalized spacial score (nSPS) is 11.4.